The van der Waals surface area contributed by atoms with Crippen LogP contribution < -0.4 is 4.74 Å². The van der Waals surface area contributed by atoms with E-state index in [1.807, 2.05) is 0 Å². The molecule has 0 saturated heterocycles. The van der Waals surface area contributed by atoms with Crippen LogP contribution >= 0.6 is 0 Å². The van der Waals surface area contributed by atoms with Crippen molar-refractivity contribution in [2.75, 3.05) is 7.11 Å². The minimum Gasteiger partial charge on any atom is -0.497 e. The molecule has 1 heterocycles. The van der Waals surface area contributed by atoms with E-state index in [0.717, 1.165) is 0 Å². The molecule has 0 aliphatic heterocycles. The lowest BCUT2D eigenvalue weighted by atomic mass is 10.1. The maximum Gasteiger partial charge on any atom is 0.262 e. The van der Waals surface area contributed by atoms with E-state index in [4.69, 9.17) is 4.74 Å². The third-order valence-corrected chi connectivity index (χ3v) is 5.40. The summed E-state index contributed by atoms with van der Waals surface area (Å²) in [5, 5.41) is 10.5. The number of amides is 1. The van der Waals surface area contributed by atoms with Gasteiger partial charge in [-0.25, -0.2) is 8.42 Å². The molecule has 146 valence electrons. The highest BCUT2D eigenvalue weighted by molar-refractivity contribution is 7.89. The lowest BCUT2D eigenvalue weighted by molar-refractivity contribution is -0.214. The molecular weight excluding hydrogens is 370 g/mol. The van der Waals surface area contributed by atoms with Gasteiger partial charge in [0.15, 0.2) is 0 Å². The van der Waals surface area contributed by atoms with Crippen LogP contribution in [0, 0.1) is 5.92 Å². The van der Waals surface area contributed by atoms with E-state index in [1.165, 1.54) is 37.6 Å². The number of methoxy groups -OCH3 is 1. The number of benzene rings is 1. The van der Waals surface area contributed by atoms with Crippen molar-refractivity contribution in [3.8, 4) is 5.75 Å². The Balaban J connectivity index is 2.41. The molecule has 0 saturated carbocycles. The first-order valence-corrected chi connectivity index (χ1v) is 9.77. The number of nitrogens with zero attached hydrogens (tertiary/aromatic N) is 3. The first-order chi connectivity index (χ1) is 12.8. The minimum absolute atomic E-state index is 0.00181. The third kappa shape index (κ3) is 5.25. The number of hydrogen-bond donors (Lipinski definition) is 1. The molecule has 1 amide bonds. The molecule has 0 fully saturated rings. The second-order valence-corrected chi connectivity index (χ2v) is 8.15. The molecule has 27 heavy (non-hydrogen) atoms. The van der Waals surface area contributed by atoms with Crippen molar-refractivity contribution < 1.29 is 23.2 Å². The van der Waals surface area contributed by atoms with Crippen LogP contribution in [0.15, 0.2) is 53.7 Å². The zero-order valence-corrected chi connectivity index (χ0v) is 16.3. The van der Waals surface area contributed by atoms with Crippen molar-refractivity contribution >= 4 is 15.9 Å². The van der Waals surface area contributed by atoms with Gasteiger partial charge in [0.2, 0.25) is 0 Å². The summed E-state index contributed by atoms with van der Waals surface area (Å²) in [7, 11) is -2.73. The van der Waals surface area contributed by atoms with E-state index in [0.29, 0.717) is 15.7 Å². The fourth-order valence-corrected chi connectivity index (χ4v) is 3.66. The molecule has 2 aromatic rings. The normalized spacial score (nSPS) is 11.6. The first-order valence-electron chi connectivity index (χ1n) is 8.33. The number of ether oxygens (including phenoxy) is 1. The Bertz CT molecular complexity index is 854. The van der Waals surface area contributed by atoms with Crippen molar-refractivity contribution in [1.29, 1.82) is 0 Å². The van der Waals surface area contributed by atoms with Crippen LogP contribution in [0.3, 0.4) is 0 Å². The zero-order valence-electron chi connectivity index (χ0n) is 15.4. The van der Waals surface area contributed by atoms with E-state index in [9.17, 15) is 18.4 Å². The third-order valence-electron chi connectivity index (χ3n) is 3.69. The molecule has 0 atom stereocenters. The van der Waals surface area contributed by atoms with E-state index < -0.39 is 15.9 Å². The Morgan fingerprint density at radius 3 is 2.41 bits per heavy atom. The van der Waals surface area contributed by atoms with Crippen LogP contribution in [-0.2, 0) is 21.4 Å². The van der Waals surface area contributed by atoms with Gasteiger partial charge in [0.05, 0.1) is 18.6 Å². The van der Waals surface area contributed by atoms with E-state index in [-0.39, 0.29) is 29.0 Å². The molecular formula is C18H23N3O5S. The largest absolute Gasteiger partial charge is 0.497 e. The Morgan fingerprint density at radius 2 is 1.89 bits per heavy atom. The van der Waals surface area contributed by atoms with Crippen molar-refractivity contribution in [2.45, 2.75) is 31.7 Å². The summed E-state index contributed by atoms with van der Waals surface area (Å²) in [6.07, 6.45) is 3.02. The van der Waals surface area contributed by atoms with Gasteiger partial charge in [-0.3, -0.25) is 15.0 Å². The number of hydroxylamine groups is 1. The summed E-state index contributed by atoms with van der Waals surface area (Å²) in [6.45, 7) is 3.35. The fourth-order valence-electron chi connectivity index (χ4n) is 2.33. The fraction of sp³-hybridized carbons (Fsp3) is 0.333. The summed E-state index contributed by atoms with van der Waals surface area (Å²) in [4.78, 5) is 16.2. The molecule has 0 radical (unpaired) electrons. The Labute approximate surface area is 159 Å². The second kappa shape index (κ2) is 8.94. The number of pyridine rings is 1. The van der Waals surface area contributed by atoms with Crippen LogP contribution in [0.5, 0.6) is 5.75 Å². The average molecular weight is 393 g/mol. The smallest absolute Gasteiger partial charge is 0.262 e. The Hall–Kier alpha value is -2.49. The number of hydrazine groups is 1. The quantitative estimate of drug-likeness (QED) is 0.546. The van der Waals surface area contributed by atoms with Crippen molar-refractivity contribution in [2.24, 2.45) is 5.92 Å². The number of rotatable bonds is 8. The molecule has 0 aliphatic carbocycles. The molecule has 0 spiro atoms. The molecule has 8 nitrogen and oxygen atoms in total. The van der Waals surface area contributed by atoms with Gasteiger partial charge in [0.25, 0.3) is 15.9 Å². The van der Waals surface area contributed by atoms with Crippen LogP contribution in [0.1, 0.15) is 25.8 Å². The van der Waals surface area contributed by atoms with Crippen LogP contribution in [0.25, 0.3) is 0 Å². The summed E-state index contributed by atoms with van der Waals surface area (Å²) in [5.41, 5.74) is 0.519. The average Bonchev–Trinajstić information content (AvgIpc) is 2.65. The van der Waals surface area contributed by atoms with Crippen molar-refractivity contribution in [3.63, 3.8) is 0 Å². The van der Waals surface area contributed by atoms with Crippen LogP contribution in [0.4, 0.5) is 0 Å². The molecule has 0 aliphatic rings. The van der Waals surface area contributed by atoms with Gasteiger partial charge in [-0.15, -0.1) is 5.17 Å². The SMILES string of the molecule is COc1ccc(S(=O)(=O)N(Cc2cccnc2)N(O)C(=O)CC(C)C)cc1. The summed E-state index contributed by atoms with van der Waals surface area (Å²) >= 11 is 0. The highest BCUT2D eigenvalue weighted by atomic mass is 32.2. The van der Waals surface area contributed by atoms with Gasteiger partial charge in [-0.2, -0.15) is 0 Å². The lowest BCUT2D eigenvalue weighted by Crippen LogP contribution is -2.47. The molecule has 1 N–H and O–H groups in total. The number of carbonyl (C=O) groups is 1. The predicted molar refractivity (Wildman–Crippen MR) is 98.0 cm³/mol. The van der Waals surface area contributed by atoms with Gasteiger partial charge >= 0.3 is 0 Å². The summed E-state index contributed by atoms with van der Waals surface area (Å²) < 4.78 is 31.8. The van der Waals surface area contributed by atoms with E-state index in [1.54, 1.807) is 32.2 Å². The highest BCUT2D eigenvalue weighted by Gasteiger charge is 2.33. The second-order valence-electron chi connectivity index (χ2n) is 6.30. The summed E-state index contributed by atoms with van der Waals surface area (Å²) in [6, 6.07) is 8.99. The van der Waals surface area contributed by atoms with Gasteiger partial charge in [0.1, 0.15) is 5.75 Å². The maximum absolute atomic E-state index is 13.1. The Kier molecular flexibility index (Phi) is 6.89. The van der Waals surface area contributed by atoms with E-state index in [2.05, 4.69) is 4.98 Å². The summed E-state index contributed by atoms with van der Waals surface area (Å²) in [5.74, 6) is -0.272. The van der Waals surface area contributed by atoms with Crippen LogP contribution in [0.2, 0.25) is 0 Å². The zero-order chi connectivity index (χ0) is 20.0. The highest BCUT2D eigenvalue weighted by Crippen LogP contribution is 2.23. The van der Waals surface area contributed by atoms with E-state index >= 15 is 0 Å². The van der Waals surface area contributed by atoms with Gasteiger partial charge < -0.3 is 4.74 Å². The van der Waals surface area contributed by atoms with Gasteiger partial charge in [-0.1, -0.05) is 24.3 Å². The Morgan fingerprint density at radius 1 is 1.22 bits per heavy atom. The topological polar surface area (TPSA) is 100 Å². The van der Waals surface area contributed by atoms with Crippen LogP contribution in [-0.4, -0.2) is 41.2 Å². The van der Waals surface area contributed by atoms with Crippen molar-refractivity contribution in [1.82, 2.24) is 14.6 Å². The van der Waals surface area contributed by atoms with Gasteiger partial charge in [0, 0.05) is 18.8 Å². The maximum atomic E-state index is 13.1. The number of aromatic nitrogens is 1. The van der Waals surface area contributed by atoms with Gasteiger partial charge in [-0.05, 0) is 41.8 Å². The standard InChI is InChI=1S/C18H23N3O5S/c1-14(2)11-18(22)21(23)20(13-15-5-4-10-19-12-15)27(24,25)17-8-6-16(26-3)7-9-17/h4-10,12,14,23H,11,13H2,1-3H3. The minimum atomic E-state index is -4.20. The molecule has 0 unspecified atom stereocenters. The van der Waals surface area contributed by atoms with Crippen molar-refractivity contribution in [3.05, 3.63) is 54.4 Å². The number of carbonyl (C=O) groups excluding carboxylic acids is 1. The first kappa shape index (κ1) is 20.8. The number of hydrogen-bond acceptors (Lipinski definition) is 6. The molecule has 0 bridgehead atoms. The monoisotopic (exact) mass is 393 g/mol. The predicted octanol–water partition coefficient (Wildman–Crippen LogP) is 2.46. The molecule has 1 aromatic carbocycles. The lowest BCUT2D eigenvalue weighted by Gasteiger charge is -2.29. The molecule has 9 heteroatoms. The molecule has 2 rings (SSSR count). The molecule has 1 aromatic heterocycles. The number of sulfonamides is 1.